The van der Waals surface area contributed by atoms with E-state index in [0.717, 1.165) is 28.7 Å². The highest BCUT2D eigenvalue weighted by molar-refractivity contribution is 6.04. The Hall–Kier alpha value is -2.09. The first-order valence-corrected chi connectivity index (χ1v) is 6.13. The first-order chi connectivity index (χ1) is 8.68. The van der Waals surface area contributed by atoms with E-state index < -0.39 is 0 Å². The standard InChI is InChI=1S/C16H14O2/c1-10-9-14-11(6-4-7-13(14)16(10)18)12-5-2-3-8-15(12)17/h2-8,10,17H,9H2,1H3. The summed E-state index contributed by atoms with van der Waals surface area (Å²) in [5.74, 6) is 0.521. The molecule has 0 fully saturated rings. The van der Waals surface area contributed by atoms with Gasteiger partial charge in [0.25, 0.3) is 0 Å². The van der Waals surface area contributed by atoms with Crippen LogP contribution in [0.2, 0.25) is 0 Å². The lowest BCUT2D eigenvalue weighted by atomic mass is 9.96. The number of carbonyl (C=O) groups is 1. The molecule has 0 amide bonds. The molecule has 0 spiro atoms. The molecule has 2 aromatic rings. The summed E-state index contributed by atoms with van der Waals surface area (Å²) in [5, 5.41) is 9.94. The minimum absolute atomic E-state index is 0.0482. The van der Waals surface area contributed by atoms with Crippen LogP contribution in [0.4, 0.5) is 0 Å². The van der Waals surface area contributed by atoms with E-state index in [0.29, 0.717) is 0 Å². The van der Waals surface area contributed by atoms with Gasteiger partial charge in [0.15, 0.2) is 5.78 Å². The normalized spacial score (nSPS) is 17.8. The number of phenolic OH excluding ortho intramolecular Hbond substituents is 1. The third-order valence-electron chi connectivity index (χ3n) is 3.59. The van der Waals surface area contributed by atoms with Crippen LogP contribution in [-0.4, -0.2) is 10.9 Å². The van der Waals surface area contributed by atoms with Crippen molar-refractivity contribution in [1.82, 2.24) is 0 Å². The number of hydrogen-bond donors (Lipinski definition) is 1. The van der Waals surface area contributed by atoms with Crippen LogP contribution in [0, 0.1) is 5.92 Å². The smallest absolute Gasteiger partial charge is 0.166 e. The quantitative estimate of drug-likeness (QED) is 0.826. The van der Waals surface area contributed by atoms with Gasteiger partial charge in [0, 0.05) is 17.0 Å². The van der Waals surface area contributed by atoms with Gasteiger partial charge in [-0.05, 0) is 23.6 Å². The highest BCUT2D eigenvalue weighted by atomic mass is 16.3. The monoisotopic (exact) mass is 238 g/mol. The summed E-state index contributed by atoms with van der Waals surface area (Å²) in [4.78, 5) is 12.0. The Bertz CT molecular complexity index is 629. The number of phenols is 1. The molecule has 1 unspecified atom stereocenters. The Morgan fingerprint density at radius 3 is 2.44 bits per heavy atom. The Labute approximate surface area is 106 Å². The topological polar surface area (TPSA) is 37.3 Å². The molecule has 0 saturated carbocycles. The predicted octanol–water partition coefficient (Wildman–Crippen LogP) is 3.43. The van der Waals surface area contributed by atoms with Crippen molar-refractivity contribution in [3.63, 3.8) is 0 Å². The number of carbonyl (C=O) groups excluding carboxylic acids is 1. The number of para-hydroxylation sites is 1. The molecule has 0 bridgehead atoms. The van der Waals surface area contributed by atoms with Crippen LogP contribution in [0.5, 0.6) is 5.75 Å². The molecule has 2 nitrogen and oxygen atoms in total. The molecule has 0 heterocycles. The second-order valence-electron chi connectivity index (χ2n) is 4.82. The fraction of sp³-hybridized carbons (Fsp3) is 0.188. The maximum absolute atomic E-state index is 12.0. The largest absolute Gasteiger partial charge is 0.507 e. The maximum atomic E-state index is 12.0. The van der Waals surface area contributed by atoms with Gasteiger partial charge in [0.05, 0.1) is 0 Å². The fourth-order valence-corrected chi connectivity index (χ4v) is 2.66. The van der Waals surface area contributed by atoms with E-state index in [2.05, 4.69) is 0 Å². The Morgan fingerprint density at radius 1 is 1.00 bits per heavy atom. The summed E-state index contributed by atoms with van der Waals surface area (Å²) in [5.41, 5.74) is 3.65. The van der Waals surface area contributed by atoms with E-state index in [1.165, 1.54) is 0 Å². The molecule has 1 N–H and O–H groups in total. The third kappa shape index (κ3) is 1.53. The lowest BCUT2D eigenvalue weighted by Crippen LogP contribution is -2.02. The second-order valence-corrected chi connectivity index (χ2v) is 4.82. The van der Waals surface area contributed by atoms with E-state index >= 15 is 0 Å². The first kappa shape index (κ1) is 11.0. The van der Waals surface area contributed by atoms with Crippen molar-refractivity contribution in [3.05, 3.63) is 53.6 Å². The van der Waals surface area contributed by atoms with Crippen molar-refractivity contribution >= 4 is 5.78 Å². The summed E-state index contributed by atoms with van der Waals surface area (Å²) in [7, 11) is 0. The number of rotatable bonds is 1. The highest BCUT2D eigenvalue weighted by Crippen LogP contribution is 2.37. The molecule has 0 aliphatic heterocycles. The van der Waals surface area contributed by atoms with Crippen molar-refractivity contribution in [2.45, 2.75) is 13.3 Å². The van der Waals surface area contributed by atoms with Crippen LogP contribution in [0.15, 0.2) is 42.5 Å². The number of benzene rings is 2. The summed E-state index contributed by atoms with van der Waals surface area (Å²) in [6.07, 6.45) is 0.763. The van der Waals surface area contributed by atoms with Crippen molar-refractivity contribution in [2.75, 3.05) is 0 Å². The van der Waals surface area contributed by atoms with Gasteiger partial charge in [-0.25, -0.2) is 0 Å². The Kier molecular flexibility index (Phi) is 2.44. The second kappa shape index (κ2) is 3.98. The van der Waals surface area contributed by atoms with Gasteiger partial charge in [-0.3, -0.25) is 4.79 Å². The lowest BCUT2D eigenvalue weighted by molar-refractivity contribution is 0.0946. The molecular weight excluding hydrogens is 224 g/mol. The summed E-state index contributed by atoms with van der Waals surface area (Å²) < 4.78 is 0. The molecule has 90 valence electrons. The fourth-order valence-electron chi connectivity index (χ4n) is 2.66. The number of fused-ring (bicyclic) bond motifs is 1. The highest BCUT2D eigenvalue weighted by Gasteiger charge is 2.29. The zero-order chi connectivity index (χ0) is 12.7. The minimum Gasteiger partial charge on any atom is -0.507 e. The molecule has 18 heavy (non-hydrogen) atoms. The maximum Gasteiger partial charge on any atom is 0.166 e. The third-order valence-corrected chi connectivity index (χ3v) is 3.59. The van der Waals surface area contributed by atoms with Gasteiger partial charge in [-0.2, -0.15) is 0 Å². The van der Waals surface area contributed by atoms with Crippen molar-refractivity contribution in [2.24, 2.45) is 5.92 Å². The zero-order valence-electron chi connectivity index (χ0n) is 10.2. The molecule has 0 aromatic heterocycles. The van der Waals surface area contributed by atoms with E-state index in [1.807, 2.05) is 37.3 Å². The van der Waals surface area contributed by atoms with Crippen LogP contribution in [0.1, 0.15) is 22.8 Å². The predicted molar refractivity (Wildman–Crippen MR) is 70.7 cm³/mol. The van der Waals surface area contributed by atoms with Crippen molar-refractivity contribution in [3.8, 4) is 16.9 Å². The number of hydrogen-bond acceptors (Lipinski definition) is 2. The van der Waals surface area contributed by atoms with Crippen LogP contribution < -0.4 is 0 Å². The number of Topliss-reactive ketones (excluding diaryl/α,β-unsaturated/α-hetero) is 1. The van der Waals surface area contributed by atoms with Crippen molar-refractivity contribution < 1.29 is 9.90 Å². The van der Waals surface area contributed by atoms with Gasteiger partial charge in [-0.1, -0.05) is 43.3 Å². The number of ketones is 1. The lowest BCUT2D eigenvalue weighted by Gasteiger charge is -2.09. The first-order valence-electron chi connectivity index (χ1n) is 6.13. The van der Waals surface area contributed by atoms with Crippen LogP contribution in [0.3, 0.4) is 0 Å². The van der Waals surface area contributed by atoms with Gasteiger partial charge < -0.3 is 5.11 Å². The molecule has 1 aliphatic carbocycles. The van der Waals surface area contributed by atoms with Gasteiger partial charge >= 0.3 is 0 Å². The summed E-state index contributed by atoms with van der Waals surface area (Å²) in [6.45, 7) is 1.96. The Morgan fingerprint density at radius 2 is 1.67 bits per heavy atom. The van der Waals surface area contributed by atoms with Gasteiger partial charge in [0.2, 0.25) is 0 Å². The van der Waals surface area contributed by atoms with Crippen LogP contribution in [0.25, 0.3) is 11.1 Å². The van der Waals surface area contributed by atoms with Crippen LogP contribution >= 0.6 is 0 Å². The molecule has 0 saturated heterocycles. The van der Waals surface area contributed by atoms with E-state index in [-0.39, 0.29) is 17.5 Å². The van der Waals surface area contributed by atoms with Crippen molar-refractivity contribution in [1.29, 1.82) is 0 Å². The number of aromatic hydroxyl groups is 1. The Balaban J connectivity index is 2.22. The molecule has 2 heteroatoms. The molecule has 1 atom stereocenters. The molecule has 0 radical (unpaired) electrons. The minimum atomic E-state index is 0.0482. The SMILES string of the molecule is CC1Cc2c(cccc2-c2ccccc2O)C1=O. The van der Waals surface area contributed by atoms with E-state index in [4.69, 9.17) is 0 Å². The summed E-state index contributed by atoms with van der Waals surface area (Å²) in [6, 6.07) is 13.0. The van der Waals surface area contributed by atoms with Gasteiger partial charge in [0.1, 0.15) is 5.75 Å². The van der Waals surface area contributed by atoms with Gasteiger partial charge in [-0.15, -0.1) is 0 Å². The summed E-state index contributed by atoms with van der Waals surface area (Å²) >= 11 is 0. The van der Waals surface area contributed by atoms with E-state index in [1.54, 1.807) is 12.1 Å². The molecule has 2 aromatic carbocycles. The van der Waals surface area contributed by atoms with Crippen LogP contribution in [-0.2, 0) is 6.42 Å². The molecule has 1 aliphatic rings. The van der Waals surface area contributed by atoms with E-state index in [9.17, 15) is 9.90 Å². The average molecular weight is 238 g/mol. The average Bonchev–Trinajstić information content (AvgIpc) is 2.67. The molecular formula is C16H14O2. The molecule has 3 rings (SSSR count). The zero-order valence-corrected chi connectivity index (χ0v) is 10.2.